The normalized spacial score (nSPS) is 15.7. The smallest absolute Gasteiger partial charge is 0.192 e. The van der Waals surface area contributed by atoms with Crippen LogP contribution in [0.3, 0.4) is 0 Å². The molecule has 0 fully saturated rings. The van der Waals surface area contributed by atoms with Crippen LogP contribution < -0.4 is 0 Å². The predicted octanol–water partition coefficient (Wildman–Crippen LogP) is 5.57. The second kappa shape index (κ2) is 8.56. The standard InChI is InChI=1S/C19H33NO2SSi/c1-14(12-21)9-10-18(22-24(7,8)19(4,5)6)15(2)11-17-13-23-16(3)20-17/h9,11,13,18,21H,10,12H2,1-8H3. The largest absolute Gasteiger partial charge is 0.410 e. The molecule has 0 saturated carbocycles. The average Bonchev–Trinajstić information content (AvgIpc) is 2.86. The van der Waals surface area contributed by atoms with Gasteiger partial charge in [-0.15, -0.1) is 11.3 Å². The fourth-order valence-electron chi connectivity index (χ4n) is 2.00. The van der Waals surface area contributed by atoms with E-state index >= 15 is 0 Å². The lowest BCUT2D eigenvalue weighted by Gasteiger charge is -2.39. The summed E-state index contributed by atoms with van der Waals surface area (Å²) < 4.78 is 6.66. The first-order chi connectivity index (χ1) is 11.0. The molecular weight excluding hydrogens is 334 g/mol. The quantitative estimate of drug-likeness (QED) is 0.506. The summed E-state index contributed by atoms with van der Waals surface area (Å²) in [6, 6.07) is 0. The fraction of sp³-hybridized carbons (Fsp3) is 0.632. The van der Waals surface area contributed by atoms with E-state index in [2.05, 4.69) is 63.3 Å². The topological polar surface area (TPSA) is 42.4 Å². The van der Waals surface area contributed by atoms with Crippen LogP contribution in [0.25, 0.3) is 6.08 Å². The molecule has 0 amide bonds. The van der Waals surface area contributed by atoms with Gasteiger partial charge in [-0.05, 0) is 57.0 Å². The summed E-state index contributed by atoms with van der Waals surface area (Å²) in [5.74, 6) is 0. The van der Waals surface area contributed by atoms with E-state index in [1.165, 1.54) is 5.57 Å². The molecule has 0 aromatic carbocycles. The minimum absolute atomic E-state index is 0.0226. The fourth-order valence-corrected chi connectivity index (χ4v) is 3.92. The molecule has 1 rings (SSSR count). The molecule has 0 saturated heterocycles. The van der Waals surface area contributed by atoms with E-state index in [0.717, 1.165) is 22.7 Å². The molecule has 1 aromatic heterocycles. The van der Waals surface area contributed by atoms with E-state index in [0.29, 0.717) is 0 Å². The molecule has 0 radical (unpaired) electrons. The van der Waals surface area contributed by atoms with Gasteiger partial charge in [0.1, 0.15) is 0 Å². The van der Waals surface area contributed by atoms with E-state index in [1.54, 1.807) is 11.3 Å². The minimum atomic E-state index is -1.88. The highest BCUT2D eigenvalue weighted by Gasteiger charge is 2.39. The third kappa shape index (κ3) is 6.28. The van der Waals surface area contributed by atoms with Gasteiger partial charge in [-0.2, -0.15) is 0 Å². The van der Waals surface area contributed by atoms with Gasteiger partial charge in [0, 0.05) is 5.38 Å². The number of aliphatic hydroxyl groups is 1. The van der Waals surface area contributed by atoms with E-state index in [9.17, 15) is 5.11 Å². The Hall–Kier alpha value is -0.753. The lowest BCUT2D eigenvalue weighted by atomic mass is 10.1. The minimum Gasteiger partial charge on any atom is -0.410 e. The summed E-state index contributed by atoms with van der Waals surface area (Å²) in [5.41, 5.74) is 3.17. The van der Waals surface area contributed by atoms with Crippen LogP contribution in [0.15, 0.2) is 22.6 Å². The molecule has 1 N–H and O–H groups in total. The van der Waals surface area contributed by atoms with Crippen molar-refractivity contribution in [2.24, 2.45) is 0 Å². The third-order valence-electron chi connectivity index (χ3n) is 4.69. The van der Waals surface area contributed by atoms with Crippen LogP contribution in [-0.2, 0) is 4.43 Å². The summed E-state index contributed by atoms with van der Waals surface area (Å²) in [6.07, 6.45) is 5.02. The van der Waals surface area contributed by atoms with Crippen molar-refractivity contribution in [1.82, 2.24) is 4.98 Å². The first kappa shape index (κ1) is 21.3. The zero-order valence-corrected chi connectivity index (χ0v) is 18.3. The lowest BCUT2D eigenvalue weighted by Crippen LogP contribution is -2.44. The maximum absolute atomic E-state index is 9.26. The van der Waals surface area contributed by atoms with E-state index < -0.39 is 8.32 Å². The molecule has 24 heavy (non-hydrogen) atoms. The van der Waals surface area contributed by atoms with Crippen molar-refractivity contribution >= 4 is 25.7 Å². The number of aliphatic hydroxyl groups excluding tert-OH is 1. The summed E-state index contributed by atoms with van der Waals surface area (Å²) in [4.78, 5) is 4.53. The van der Waals surface area contributed by atoms with Crippen LogP contribution in [0.4, 0.5) is 0 Å². The molecule has 0 spiro atoms. The molecule has 0 aliphatic carbocycles. The Kier molecular flexibility index (Phi) is 7.60. The number of nitrogens with zero attached hydrogens (tertiary/aromatic N) is 1. The van der Waals surface area contributed by atoms with Crippen LogP contribution in [-0.4, -0.2) is 31.1 Å². The highest BCUT2D eigenvalue weighted by molar-refractivity contribution is 7.09. The Morgan fingerprint density at radius 1 is 1.38 bits per heavy atom. The Labute approximate surface area is 152 Å². The molecule has 0 aliphatic rings. The molecule has 0 aliphatic heterocycles. The maximum Gasteiger partial charge on any atom is 0.192 e. The summed E-state index contributed by atoms with van der Waals surface area (Å²) >= 11 is 1.66. The van der Waals surface area contributed by atoms with Crippen LogP contribution in [0, 0.1) is 6.92 Å². The Bertz CT molecular complexity index is 597. The van der Waals surface area contributed by atoms with Crippen molar-refractivity contribution in [2.45, 2.75) is 72.2 Å². The number of aryl methyl sites for hydroxylation is 1. The van der Waals surface area contributed by atoms with Gasteiger partial charge in [0.15, 0.2) is 8.32 Å². The number of rotatable bonds is 7. The van der Waals surface area contributed by atoms with Gasteiger partial charge >= 0.3 is 0 Å². The summed E-state index contributed by atoms with van der Waals surface area (Å²) in [6.45, 7) is 17.5. The van der Waals surface area contributed by atoms with E-state index in [1.807, 2.05) is 13.8 Å². The van der Waals surface area contributed by atoms with Gasteiger partial charge in [-0.1, -0.05) is 32.4 Å². The molecular formula is C19H33NO2SSi. The van der Waals surface area contributed by atoms with Crippen molar-refractivity contribution < 1.29 is 9.53 Å². The summed E-state index contributed by atoms with van der Waals surface area (Å²) in [5, 5.41) is 12.6. The van der Waals surface area contributed by atoms with Crippen molar-refractivity contribution in [3.05, 3.63) is 33.3 Å². The highest BCUT2D eigenvalue weighted by Crippen LogP contribution is 2.38. The van der Waals surface area contributed by atoms with Gasteiger partial charge < -0.3 is 9.53 Å². The monoisotopic (exact) mass is 367 g/mol. The Balaban J connectivity index is 3.06. The average molecular weight is 368 g/mol. The molecule has 5 heteroatoms. The van der Waals surface area contributed by atoms with E-state index in [4.69, 9.17) is 4.43 Å². The Morgan fingerprint density at radius 2 is 2.00 bits per heavy atom. The number of aromatic nitrogens is 1. The van der Waals surface area contributed by atoms with Gasteiger partial charge in [0.2, 0.25) is 0 Å². The van der Waals surface area contributed by atoms with Crippen LogP contribution in [0.2, 0.25) is 18.1 Å². The molecule has 1 aromatic rings. The third-order valence-corrected chi connectivity index (χ3v) is 9.97. The van der Waals surface area contributed by atoms with E-state index in [-0.39, 0.29) is 17.7 Å². The molecule has 1 atom stereocenters. The second-order valence-electron chi connectivity index (χ2n) is 7.99. The zero-order chi connectivity index (χ0) is 18.5. The van der Waals surface area contributed by atoms with Crippen molar-refractivity contribution in [2.75, 3.05) is 6.61 Å². The van der Waals surface area contributed by atoms with Crippen molar-refractivity contribution in [1.29, 1.82) is 0 Å². The molecule has 0 bridgehead atoms. The second-order valence-corrected chi connectivity index (χ2v) is 13.8. The molecule has 1 unspecified atom stereocenters. The highest BCUT2D eigenvalue weighted by atomic mass is 32.1. The van der Waals surface area contributed by atoms with Gasteiger partial charge in [0.05, 0.1) is 23.4 Å². The first-order valence-corrected chi connectivity index (χ1v) is 12.3. The van der Waals surface area contributed by atoms with Crippen LogP contribution in [0.1, 0.15) is 51.7 Å². The van der Waals surface area contributed by atoms with Gasteiger partial charge in [-0.25, -0.2) is 4.98 Å². The maximum atomic E-state index is 9.26. The van der Waals surface area contributed by atoms with Crippen LogP contribution in [0.5, 0.6) is 0 Å². The zero-order valence-electron chi connectivity index (χ0n) is 16.4. The molecule has 3 nitrogen and oxygen atoms in total. The van der Waals surface area contributed by atoms with Gasteiger partial charge in [0.25, 0.3) is 0 Å². The van der Waals surface area contributed by atoms with Crippen molar-refractivity contribution in [3.8, 4) is 0 Å². The molecule has 1 heterocycles. The Morgan fingerprint density at radius 3 is 2.46 bits per heavy atom. The molecule has 136 valence electrons. The van der Waals surface area contributed by atoms with Gasteiger partial charge in [-0.3, -0.25) is 0 Å². The van der Waals surface area contributed by atoms with Crippen molar-refractivity contribution in [3.63, 3.8) is 0 Å². The predicted molar refractivity (Wildman–Crippen MR) is 108 cm³/mol. The number of hydrogen-bond acceptors (Lipinski definition) is 4. The number of thiazole rings is 1. The number of hydrogen-bond donors (Lipinski definition) is 1. The first-order valence-electron chi connectivity index (χ1n) is 8.51. The van der Waals surface area contributed by atoms with Crippen LogP contribution >= 0.6 is 11.3 Å². The lowest BCUT2D eigenvalue weighted by molar-refractivity contribution is 0.217. The summed E-state index contributed by atoms with van der Waals surface area (Å²) in [7, 11) is -1.88. The SMILES string of the molecule is CC(=CCC(O[Si](C)(C)C(C)(C)C)C(C)=Cc1csc(C)n1)CO.